The summed E-state index contributed by atoms with van der Waals surface area (Å²) in [5.74, 6) is -2.73. The lowest BCUT2D eigenvalue weighted by Crippen LogP contribution is -2.42. The maximum Gasteiger partial charge on any atom is 0.246 e. The Kier molecular flexibility index (Phi) is 3.07. The van der Waals surface area contributed by atoms with Crippen LogP contribution in [0.25, 0.3) is 0 Å². The molecular weight excluding hydrogens is 188 g/mol. The van der Waals surface area contributed by atoms with Crippen molar-refractivity contribution in [3.63, 3.8) is 0 Å². The molecule has 0 unspecified atom stereocenters. The van der Waals surface area contributed by atoms with Gasteiger partial charge in [-0.3, -0.25) is 5.32 Å². The molecule has 0 aliphatic heterocycles. The van der Waals surface area contributed by atoms with Gasteiger partial charge in [0.05, 0.1) is 6.07 Å². The average molecular weight is 203 g/mol. The Morgan fingerprint density at radius 1 is 1.64 bits per heavy atom. The summed E-state index contributed by atoms with van der Waals surface area (Å²) in [5, 5.41) is 11.6. The largest absolute Gasteiger partial charge is 0.326 e. The molecule has 0 aromatic carbocycles. The molecule has 0 amide bonds. The highest BCUT2D eigenvalue weighted by Gasteiger charge is 2.43. The van der Waals surface area contributed by atoms with Crippen LogP contribution in [0.3, 0.4) is 0 Å². The van der Waals surface area contributed by atoms with Crippen molar-refractivity contribution in [2.45, 2.75) is 43.7 Å². The van der Waals surface area contributed by atoms with Gasteiger partial charge in [-0.05, 0) is 19.8 Å². The zero-order chi connectivity index (χ0) is 10.8. The summed E-state index contributed by atoms with van der Waals surface area (Å²) in [6.07, 6.45) is 1.24. The molecular formula is C9H15F2N3. The third kappa shape index (κ3) is 3.56. The molecule has 0 radical (unpaired) electrons. The van der Waals surface area contributed by atoms with E-state index in [2.05, 4.69) is 11.4 Å². The molecule has 14 heavy (non-hydrogen) atoms. The standard InChI is InChI=1S/C9H15F2N3/c1-8(10,11)4-7(13)5-14-9(6-12)2-3-9/h7,14H,2-5,13H2,1H3/t7-/m0/s1. The molecule has 3 N–H and O–H groups in total. The van der Waals surface area contributed by atoms with Gasteiger partial charge in [0.2, 0.25) is 5.92 Å². The van der Waals surface area contributed by atoms with Gasteiger partial charge in [0.15, 0.2) is 0 Å². The van der Waals surface area contributed by atoms with Crippen molar-refractivity contribution in [1.29, 1.82) is 5.26 Å². The number of rotatable bonds is 5. The third-order valence-electron chi connectivity index (χ3n) is 2.29. The number of hydrogen-bond donors (Lipinski definition) is 2. The van der Waals surface area contributed by atoms with Crippen molar-refractivity contribution in [3.8, 4) is 6.07 Å². The van der Waals surface area contributed by atoms with Crippen LogP contribution in [-0.4, -0.2) is 24.0 Å². The second kappa shape index (κ2) is 3.79. The molecule has 0 saturated heterocycles. The topological polar surface area (TPSA) is 61.8 Å². The predicted molar refractivity (Wildman–Crippen MR) is 48.8 cm³/mol. The van der Waals surface area contributed by atoms with E-state index in [4.69, 9.17) is 11.0 Å². The lowest BCUT2D eigenvalue weighted by atomic mass is 10.1. The third-order valence-corrected chi connectivity index (χ3v) is 2.29. The Labute approximate surface area is 82.3 Å². The van der Waals surface area contributed by atoms with Crippen molar-refractivity contribution in [2.75, 3.05) is 6.54 Å². The second-order valence-corrected chi connectivity index (χ2v) is 4.11. The number of alkyl halides is 2. The van der Waals surface area contributed by atoms with Crippen LogP contribution in [0.2, 0.25) is 0 Å². The van der Waals surface area contributed by atoms with Gasteiger partial charge in [-0.2, -0.15) is 5.26 Å². The quantitative estimate of drug-likeness (QED) is 0.700. The fraction of sp³-hybridized carbons (Fsp3) is 0.889. The Bertz CT molecular complexity index is 237. The first-order valence-electron chi connectivity index (χ1n) is 4.67. The zero-order valence-electron chi connectivity index (χ0n) is 8.19. The van der Waals surface area contributed by atoms with Crippen LogP contribution in [-0.2, 0) is 0 Å². The van der Waals surface area contributed by atoms with Gasteiger partial charge >= 0.3 is 0 Å². The summed E-state index contributed by atoms with van der Waals surface area (Å²) >= 11 is 0. The van der Waals surface area contributed by atoms with Crippen molar-refractivity contribution in [3.05, 3.63) is 0 Å². The van der Waals surface area contributed by atoms with Crippen LogP contribution in [0.4, 0.5) is 8.78 Å². The summed E-state index contributed by atoms with van der Waals surface area (Å²) in [6.45, 7) is 1.13. The molecule has 1 fully saturated rings. The minimum absolute atomic E-state index is 0.275. The molecule has 1 atom stereocenters. The Balaban J connectivity index is 2.22. The first kappa shape index (κ1) is 11.3. The van der Waals surface area contributed by atoms with Gasteiger partial charge in [0.25, 0.3) is 0 Å². The summed E-state index contributed by atoms with van der Waals surface area (Å²) in [7, 11) is 0. The summed E-state index contributed by atoms with van der Waals surface area (Å²) in [6, 6.07) is 1.52. The Hall–Kier alpha value is -0.730. The monoisotopic (exact) mass is 203 g/mol. The van der Waals surface area contributed by atoms with Gasteiger partial charge < -0.3 is 5.73 Å². The van der Waals surface area contributed by atoms with Crippen LogP contribution in [0.1, 0.15) is 26.2 Å². The minimum atomic E-state index is -2.73. The smallest absolute Gasteiger partial charge is 0.246 e. The molecule has 1 aliphatic carbocycles. The summed E-state index contributed by atoms with van der Waals surface area (Å²) < 4.78 is 25.0. The Morgan fingerprint density at radius 2 is 2.21 bits per heavy atom. The molecule has 0 spiro atoms. The molecule has 80 valence electrons. The van der Waals surface area contributed by atoms with Crippen LogP contribution in [0.15, 0.2) is 0 Å². The molecule has 1 aliphatic rings. The van der Waals surface area contributed by atoms with E-state index >= 15 is 0 Å². The normalized spacial score (nSPS) is 21.4. The number of nitrogens with one attached hydrogen (secondary N) is 1. The number of halogens is 2. The van der Waals surface area contributed by atoms with Gasteiger partial charge in [-0.1, -0.05) is 0 Å². The number of nitriles is 1. The maximum absolute atomic E-state index is 12.5. The van der Waals surface area contributed by atoms with E-state index < -0.39 is 17.5 Å². The van der Waals surface area contributed by atoms with E-state index in [1.165, 1.54) is 0 Å². The van der Waals surface area contributed by atoms with Crippen molar-refractivity contribution < 1.29 is 8.78 Å². The fourth-order valence-electron chi connectivity index (χ4n) is 1.31. The maximum atomic E-state index is 12.5. The number of hydrogen-bond acceptors (Lipinski definition) is 3. The lowest BCUT2D eigenvalue weighted by Gasteiger charge is -2.18. The Morgan fingerprint density at radius 3 is 2.57 bits per heavy atom. The minimum Gasteiger partial charge on any atom is -0.326 e. The van der Waals surface area contributed by atoms with Crippen LogP contribution in [0, 0.1) is 11.3 Å². The van der Waals surface area contributed by atoms with E-state index in [-0.39, 0.29) is 13.0 Å². The zero-order valence-corrected chi connectivity index (χ0v) is 8.19. The van der Waals surface area contributed by atoms with E-state index in [1.54, 1.807) is 0 Å². The predicted octanol–water partition coefficient (Wildman–Crippen LogP) is 1.00. The molecule has 3 nitrogen and oxygen atoms in total. The van der Waals surface area contributed by atoms with Crippen LogP contribution in [0.5, 0.6) is 0 Å². The molecule has 1 rings (SSSR count). The highest BCUT2D eigenvalue weighted by Crippen LogP contribution is 2.34. The molecule has 0 bridgehead atoms. The average Bonchev–Trinajstić information content (AvgIpc) is 2.78. The lowest BCUT2D eigenvalue weighted by molar-refractivity contribution is 0.00633. The van der Waals surface area contributed by atoms with Crippen LogP contribution < -0.4 is 11.1 Å². The summed E-state index contributed by atoms with van der Waals surface area (Å²) in [5.41, 5.74) is 5.03. The first-order chi connectivity index (χ1) is 6.37. The SMILES string of the molecule is CC(F)(F)C[C@H](N)CNC1(C#N)CC1. The van der Waals surface area contributed by atoms with Gasteiger partial charge in [-0.25, -0.2) is 8.78 Å². The van der Waals surface area contributed by atoms with Crippen molar-refractivity contribution in [2.24, 2.45) is 5.73 Å². The highest BCUT2D eigenvalue weighted by molar-refractivity contribution is 5.18. The first-order valence-corrected chi connectivity index (χ1v) is 4.67. The van der Waals surface area contributed by atoms with Gasteiger partial charge in [-0.15, -0.1) is 0 Å². The molecule has 0 aromatic heterocycles. The summed E-state index contributed by atoms with van der Waals surface area (Å²) in [4.78, 5) is 0. The van der Waals surface area contributed by atoms with Crippen molar-refractivity contribution in [1.82, 2.24) is 5.32 Å². The van der Waals surface area contributed by atoms with E-state index in [1.807, 2.05) is 0 Å². The van der Waals surface area contributed by atoms with Gasteiger partial charge in [0.1, 0.15) is 5.54 Å². The van der Waals surface area contributed by atoms with E-state index in [9.17, 15) is 8.78 Å². The number of nitrogens with two attached hydrogens (primary N) is 1. The highest BCUT2D eigenvalue weighted by atomic mass is 19.3. The van der Waals surface area contributed by atoms with Gasteiger partial charge in [0, 0.05) is 19.0 Å². The van der Waals surface area contributed by atoms with Crippen LogP contribution >= 0.6 is 0 Å². The van der Waals surface area contributed by atoms with E-state index in [0.717, 1.165) is 19.8 Å². The fourth-order valence-corrected chi connectivity index (χ4v) is 1.31. The molecule has 5 heteroatoms. The molecule has 0 aromatic rings. The molecule has 1 saturated carbocycles. The van der Waals surface area contributed by atoms with E-state index in [0.29, 0.717) is 0 Å². The number of nitrogens with zero attached hydrogens (tertiary/aromatic N) is 1. The van der Waals surface area contributed by atoms with Crippen molar-refractivity contribution >= 4 is 0 Å². The molecule has 0 heterocycles. The second-order valence-electron chi connectivity index (χ2n) is 4.11.